The highest BCUT2D eigenvalue weighted by atomic mass is 35.5. The van der Waals surface area contributed by atoms with Gasteiger partial charge >= 0.3 is 0 Å². The number of benzene rings is 2. The number of Topliss-reactive ketones (excluding diaryl/α,β-unsaturated/α-hetero) is 1. The fraction of sp³-hybridized carbons (Fsp3) is 0.567. The Bertz CT molecular complexity index is 1110. The summed E-state index contributed by atoms with van der Waals surface area (Å²) in [5.74, 6) is 3.75. The summed E-state index contributed by atoms with van der Waals surface area (Å²) in [5.41, 5.74) is 2.58. The highest BCUT2D eigenvalue weighted by Gasteiger charge is 2.54. The number of piperidine rings is 1. The molecule has 4 saturated carbocycles. The van der Waals surface area contributed by atoms with Gasteiger partial charge in [0.25, 0.3) is 0 Å². The zero-order valence-electron chi connectivity index (χ0n) is 20.4. The number of nitrogens with zero attached hydrogens (tertiary/aromatic N) is 2. The van der Waals surface area contributed by atoms with Crippen LogP contribution in [0.2, 0.25) is 5.02 Å². The van der Waals surface area contributed by atoms with Gasteiger partial charge in [0.2, 0.25) is 0 Å². The number of likely N-dealkylation sites (tertiary alicyclic amines) is 1. The lowest BCUT2D eigenvalue weighted by atomic mass is 9.48. The van der Waals surface area contributed by atoms with Crippen LogP contribution in [0.15, 0.2) is 52.3 Å². The van der Waals surface area contributed by atoms with Crippen molar-refractivity contribution in [3.8, 4) is 0 Å². The molecule has 4 aliphatic carbocycles. The molecule has 35 heavy (non-hydrogen) atoms. The third kappa shape index (κ3) is 4.14. The number of ketones is 1. The Labute approximate surface area is 218 Å². The van der Waals surface area contributed by atoms with Gasteiger partial charge in [0.05, 0.1) is 17.9 Å². The number of anilines is 2. The number of hydrogen-bond donors (Lipinski definition) is 0. The summed E-state index contributed by atoms with van der Waals surface area (Å²) < 4.78 is 0. The molecule has 0 amide bonds. The fourth-order valence-corrected chi connectivity index (χ4v) is 9.65. The summed E-state index contributed by atoms with van der Waals surface area (Å²) in [4.78, 5) is 21.2. The number of carbonyl (C=O) groups is 1. The van der Waals surface area contributed by atoms with Gasteiger partial charge in [-0.25, -0.2) is 0 Å². The molecule has 2 aliphatic heterocycles. The first kappa shape index (κ1) is 22.7. The van der Waals surface area contributed by atoms with Crippen LogP contribution in [0.1, 0.15) is 51.4 Å². The maximum atomic E-state index is 13.6. The number of fused-ring (bicyclic) bond motifs is 2. The van der Waals surface area contributed by atoms with Crippen molar-refractivity contribution in [3.05, 3.63) is 47.5 Å². The predicted octanol–water partition coefficient (Wildman–Crippen LogP) is 7.44. The molecular formula is C30H35ClN2OS. The molecule has 0 spiro atoms. The summed E-state index contributed by atoms with van der Waals surface area (Å²) in [6.45, 7) is 3.81. The number of carbonyl (C=O) groups excluding carboxylic acids is 1. The normalized spacial score (nSPS) is 31.9. The van der Waals surface area contributed by atoms with Crippen LogP contribution in [0, 0.1) is 29.1 Å². The molecule has 6 aliphatic rings. The lowest BCUT2D eigenvalue weighted by molar-refractivity contribution is -0.145. The standard InChI is InChI=1S/C30H35ClN2OS/c31-24-5-6-28-26(14-24)33(25-3-1-2-4-27(25)35-28)18-20-7-9-32(10-8-20)19-29(34)30-15-21-11-22(16-30)13-23(12-21)17-30/h1-6,14,20-23H,7-13,15-19H2. The molecule has 2 heterocycles. The SMILES string of the molecule is O=C(CN1CCC(CN2c3ccccc3Sc3ccc(Cl)cc32)CC1)C12CC3CC(CC(C3)C1)C2. The number of para-hydroxylation sites is 1. The molecule has 2 aromatic carbocycles. The Morgan fingerprint density at radius 3 is 2.29 bits per heavy atom. The van der Waals surface area contributed by atoms with Crippen molar-refractivity contribution in [2.75, 3.05) is 31.1 Å². The lowest BCUT2D eigenvalue weighted by Gasteiger charge is -2.56. The van der Waals surface area contributed by atoms with Gasteiger partial charge in [-0.15, -0.1) is 0 Å². The van der Waals surface area contributed by atoms with Gasteiger partial charge in [-0.1, -0.05) is 35.5 Å². The van der Waals surface area contributed by atoms with E-state index in [1.54, 1.807) is 0 Å². The molecule has 4 bridgehead atoms. The van der Waals surface area contributed by atoms with Gasteiger partial charge in [0.15, 0.2) is 5.78 Å². The molecule has 0 unspecified atom stereocenters. The van der Waals surface area contributed by atoms with Crippen LogP contribution in [0.5, 0.6) is 0 Å². The van der Waals surface area contributed by atoms with Crippen molar-refractivity contribution in [1.29, 1.82) is 0 Å². The van der Waals surface area contributed by atoms with E-state index in [1.165, 1.54) is 59.7 Å². The van der Waals surface area contributed by atoms with Crippen LogP contribution in [0.3, 0.4) is 0 Å². The van der Waals surface area contributed by atoms with E-state index >= 15 is 0 Å². The lowest BCUT2D eigenvalue weighted by Crippen LogP contribution is -2.53. The van der Waals surface area contributed by atoms with E-state index in [1.807, 2.05) is 17.8 Å². The fourth-order valence-electron chi connectivity index (χ4n) is 8.41. The summed E-state index contributed by atoms with van der Waals surface area (Å²) in [6.07, 6.45) is 10.1. The van der Waals surface area contributed by atoms with Gasteiger partial charge in [-0.3, -0.25) is 9.69 Å². The first-order valence-corrected chi connectivity index (χ1v) is 14.8. The molecule has 0 aromatic heterocycles. The molecule has 2 aromatic rings. The summed E-state index contributed by atoms with van der Waals surface area (Å²) in [5, 5.41) is 0.798. The second-order valence-corrected chi connectivity index (χ2v) is 13.7. The maximum absolute atomic E-state index is 13.6. The summed E-state index contributed by atoms with van der Waals surface area (Å²) in [7, 11) is 0. The van der Waals surface area contributed by atoms with Crippen molar-refractivity contribution in [1.82, 2.24) is 4.90 Å². The van der Waals surface area contributed by atoms with Crippen LogP contribution in [-0.2, 0) is 4.79 Å². The van der Waals surface area contributed by atoms with E-state index in [-0.39, 0.29) is 5.41 Å². The first-order chi connectivity index (χ1) is 17.0. The van der Waals surface area contributed by atoms with Crippen molar-refractivity contribution in [3.63, 3.8) is 0 Å². The van der Waals surface area contributed by atoms with Gasteiger partial charge < -0.3 is 4.90 Å². The molecule has 0 N–H and O–H groups in total. The largest absolute Gasteiger partial charge is 0.339 e. The van der Waals surface area contributed by atoms with Crippen LogP contribution in [0.4, 0.5) is 11.4 Å². The topological polar surface area (TPSA) is 23.6 Å². The second kappa shape index (κ2) is 8.82. The van der Waals surface area contributed by atoms with Crippen LogP contribution in [0.25, 0.3) is 0 Å². The molecule has 1 saturated heterocycles. The number of rotatable bonds is 5. The monoisotopic (exact) mass is 506 g/mol. The Kier molecular flexibility index (Phi) is 5.71. The van der Waals surface area contributed by atoms with Gasteiger partial charge in [0.1, 0.15) is 0 Å². The molecular weight excluding hydrogens is 472 g/mol. The Morgan fingerprint density at radius 1 is 0.914 bits per heavy atom. The third-order valence-corrected chi connectivity index (χ3v) is 11.1. The minimum Gasteiger partial charge on any atom is -0.339 e. The van der Waals surface area contributed by atoms with Crippen LogP contribution in [-0.4, -0.2) is 36.9 Å². The molecule has 184 valence electrons. The third-order valence-electron chi connectivity index (χ3n) is 9.73. The summed E-state index contributed by atoms with van der Waals surface area (Å²) >= 11 is 8.26. The Hall–Kier alpha value is -1.49. The molecule has 0 radical (unpaired) electrons. The molecule has 3 nitrogen and oxygen atoms in total. The van der Waals surface area contributed by atoms with Crippen molar-refractivity contribution < 1.29 is 4.79 Å². The summed E-state index contributed by atoms with van der Waals surface area (Å²) in [6, 6.07) is 15.0. The number of halogens is 1. The second-order valence-electron chi connectivity index (χ2n) is 12.1. The minimum absolute atomic E-state index is 0.0454. The quantitative estimate of drug-likeness (QED) is 0.420. The van der Waals surface area contributed by atoms with E-state index in [4.69, 9.17) is 11.6 Å². The zero-order chi connectivity index (χ0) is 23.6. The minimum atomic E-state index is 0.0454. The van der Waals surface area contributed by atoms with Gasteiger partial charge in [-0.2, -0.15) is 0 Å². The van der Waals surface area contributed by atoms with Gasteiger partial charge in [0, 0.05) is 26.8 Å². The highest BCUT2D eigenvalue weighted by molar-refractivity contribution is 7.99. The maximum Gasteiger partial charge on any atom is 0.152 e. The van der Waals surface area contributed by atoms with Crippen molar-refractivity contribution >= 4 is 40.5 Å². The average molecular weight is 507 g/mol. The van der Waals surface area contributed by atoms with Crippen LogP contribution < -0.4 is 4.90 Å². The molecule has 5 heteroatoms. The van der Waals surface area contributed by atoms with E-state index in [9.17, 15) is 4.79 Å². The average Bonchev–Trinajstić information content (AvgIpc) is 2.84. The van der Waals surface area contributed by atoms with Crippen molar-refractivity contribution in [2.45, 2.75) is 61.2 Å². The predicted molar refractivity (Wildman–Crippen MR) is 144 cm³/mol. The highest BCUT2D eigenvalue weighted by Crippen LogP contribution is 2.60. The van der Waals surface area contributed by atoms with Crippen LogP contribution >= 0.6 is 23.4 Å². The van der Waals surface area contributed by atoms with E-state index < -0.39 is 0 Å². The Balaban J connectivity index is 1.01. The van der Waals surface area contributed by atoms with E-state index in [0.29, 0.717) is 18.2 Å². The smallest absolute Gasteiger partial charge is 0.152 e. The molecule has 8 rings (SSSR count). The molecule has 0 atom stereocenters. The van der Waals surface area contributed by atoms with Gasteiger partial charge in [-0.05, 0) is 118 Å². The first-order valence-electron chi connectivity index (χ1n) is 13.6. The zero-order valence-corrected chi connectivity index (χ0v) is 22.0. The van der Waals surface area contributed by atoms with E-state index in [0.717, 1.165) is 55.3 Å². The Morgan fingerprint density at radius 2 is 1.57 bits per heavy atom. The number of hydrogen-bond acceptors (Lipinski definition) is 4. The van der Waals surface area contributed by atoms with Crippen molar-refractivity contribution in [2.24, 2.45) is 29.1 Å². The molecule has 5 fully saturated rings. The van der Waals surface area contributed by atoms with E-state index in [2.05, 4.69) is 46.2 Å².